The Labute approximate surface area is 239 Å². The van der Waals surface area contributed by atoms with Crippen LogP contribution >= 0.6 is 0 Å². The van der Waals surface area contributed by atoms with Crippen LogP contribution in [0.2, 0.25) is 0 Å². The van der Waals surface area contributed by atoms with E-state index in [1.807, 2.05) is 24.3 Å². The van der Waals surface area contributed by atoms with Crippen molar-refractivity contribution < 1.29 is 22.7 Å². The molecule has 216 valence electrons. The van der Waals surface area contributed by atoms with Crippen LogP contribution in [-0.2, 0) is 21.2 Å². The fourth-order valence-electron chi connectivity index (χ4n) is 7.27. The van der Waals surface area contributed by atoms with Gasteiger partial charge in [-0.2, -0.15) is 13.2 Å². The van der Waals surface area contributed by atoms with Gasteiger partial charge in [0.15, 0.2) is 5.69 Å². The highest BCUT2D eigenvalue weighted by Gasteiger charge is 2.59. The lowest BCUT2D eigenvalue weighted by Gasteiger charge is -2.46. The third-order valence-corrected chi connectivity index (χ3v) is 9.20. The number of likely N-dealkylation sites (tertiary alicyclic amines) is 1. The first-order valence-electron chi connectivity index (χ1n) is 14.3. The van der Waals surface area contributed by atoms with Gasteiger partial charge in [0.1, 0.15) is 6.10 Å². The molecule has 1 saturated carbocycles. The van der Waals surface area contributed by atoms with Gasteiger partial charge in [0.05, 0.1) is 18.1 Å². The van der Waals surface area contributed by atoms with Crippen LogP contribution in [0, 0.1) is 30.9 Å². The normalized spacial score (nSPS) is 23.7. The van der Waals surface area contributed by atoms with Crippen molar-refractivity contribution in [3.05, 3.63) is 82.5 Å². The van der Waals surface area contributed by atoms with Crippen LogP contribution in [0.25, 0.3) is 9.69 Å². The van der Waals surface area contributed by atoms with Crippen LogP contribution in [0.1, 0.15) is 50.2 Å². The third-order valence-electron chi connectivity index (χ3n) is 9.20. The molecule has 0 bridgehead atoms. The maximum Gasteiger partial charge on any atom is 0.416 e. The highest BCUT2D eigenvalue weighted by atomic mass is 19.4. The second-order valence-corrected chi connectivity index (χ2v) is 11.7. The number of alkyl halides is 3. The third kappa shape index (κ3) is 5.92. The van der Waals surface area contributed by atoms with E-state index in [-0.39, 0.29) is 11.8 Å². The Morgan fingerprint density at radius 1 is 1.00 bits per heavy atom. The predicted octanol–water partition coefficient (Wildman–Crippen LogP) is 6.95. The molecule has 2 heterocycles. The van der Waals surface area contributed by atoms with E-state index in [0.717, 1.165) is 57.0 Å². The van der Waals surface area contributed by atoms with Gasteiger partial charge in [-0.15, -0.1) is 0 Å². The number of hydrogen-bond donors (Lipinski definition) is 0. The van der Waals surface area contributed by atoms with Crippen molar-refractivity contribution in [1.29, 1.82) is 0 Å². The van der Waals surface area contributed by atoms with E-state index in [4.69, 9.17) is 17.9 Å². The van der Waals surface area contributed by atoms with Gasteiger partial charge in [-0.3, -0.25) is 4.79 Å². The van der Waals surface area contributed by atoms with Crippen LogP contribution in [0.3, 0.4) is 0 Å². The van der Waals surface area contributed by atoms with Crippen molar-refractivity contribution in [3.8, 4) is 0 Å². The van der Waals surface area contributed by atoms with E-state index in [0.29, 0.717) is 42.9 Å². The average Bonchev–Trinajstić information content (AvgIpc) is 3.39. The molecule has 3 atom stereocenters. The maximum absolute atomic E-state index is 13.7. The van der Waals surface area contributed by atoms with Crippen LogP contribution < -0.4 is 4.90 Å². The summed E-state index contributed by atoms with van der Waals surface area (Å²) in [4.78, 5) is 24.3. The molecule has 2 saturated heterocycles. The van der Waals surface area contributed by atoms with Gasteiger partial charge in [-0.05, 0) is 69.5 Å². The predicted molar refractivity (Wildman–Crippen MR) is 150 cm³/mol. The number of esters is 1. The van der Waals surface area contributed by atoms with Crippen LogP contribution in [0.15, 0.2) is 48.5 Å². The number of piperidine rings is 1. The number of carbonyl (C=O) groups excluding carboxylic acids is 1. The summed E-state index contributed by atoms with van der Waals surface area (Å²) in [5.74, 6) is -0.390. The Hall–Kier alpha value is -3.56. The summed E-state index contributed by atoms with van der Waals surface area (Å²) >= 11 is 0. The van der Waals surface area contributed by atoms with Crippen molar-refractivity contribution >= 4 is 17.3 Å². The quantitative estimate of drug-likeness (QED) is 0.270. The molecule has 3 fully saturated rings. The van der Waals surface area contributed by atoms with Gasteiger partial charge in [0.25, 0.3) is 5.54 Å². The molecule has 41 heavy (non-hydrogen) atoms. The summed E-state index contributed by atoms with van der Waals surface area (Å²) in [5, 5.41) is 0. The molecule has 3 aliphatic rings. The summed E-state index contributed by atoms with van der Waals surface area (Å²) in [5.41, 5.74) is 0.207. The molecule has 2 aromatic carbocycles. The molecular weight excluding hydrogens is 529 g/mol. The lowest BCUT2D eigenvalue weighted by atomic mass is 9.65. The van der Waals surface area contributed by atoms with Crippen LogP contribution in [0.4, 0.5) is 24.5 Å². The number of benzene rings is 2. The second-order valence-electron chi connectivity index (χ2n) is 11.7. The minimum Gasteiger partial charge on any atom is -0.462 e. The highest BCUT2D eigenvalue weighted by molar-refractivity contribution is 5.66. The molecule has 1 unspecified atom stereocenters. The lowest BCUT2D eigenvalue weighted by Crippen LogP contribution is -2.54. The zero-order valence-corrected chi connectivity index (χ0v) is 23.2. The van der Waals surface area contributed by atoms with Gasteiger partial charge >= 0.3 is 12.1 Å². The lowest BCUT2D eigenvalue weighted by molar-refractivity contribution is -0.149. The molecule has 0 spiro atoms. The van der Waals surface area contributed by atoms with Crippen molar-refractivity contribution in [3.63, 3.8) is 0 Å². The zero-order chi connectivity index (χ0) is 29.2. The standard InChI is InChI=1S/C32H35F3N4O2/c1-22(40)41-30-9-5-8-29(30)31(37-3,25-6-4-7-26(18-25)32(33,34)35)24-14-16-38(17-15-24)19-23-20-39(21-23)28-12-10-27(36-2)11-13-28/h4,6-7,10-13,18,23-24,29-30H,5,8-9,14-17,19-21H2,1H3/t29-,30-,31?/m1/s1. The summed E-state index contributed by atoms with van der Waals surface area (Å²) in [6.45, 7) is 21.3. The molecule has 0 N–H and O–H groups in total. The number of ether oxygens (including phenoxy) is 1. The number of rotatable bonds is 7. The van der Waals surface area contributed by atoms with Crippen molar-refractivity contribution in [2.24, 2.45) is 17.8 Å². The molecule has 9 heteroatoms. The van der Waals surface area contributed by atoms with Crippen molar-refractivity contribution in [2.45, 2.75) is 56.8 Å². The van der Waals surface area contributed by atoms with E-state index in [1.54, 1.807) is 6.07 Å². The van der Waals surface area contributed by atoms with E-state index in [2.05, 4.69) is 19.5 Å². The van der Waals surface area contributed by atoms with Crippen molar-refractivity contribution in [2.75, 3.05) is 37.6 Å². The minimum absolute atomic E-state index is 0.139. The van der Waals surface area contributed by atoms with Crippen LogP contribution in [0.5, 0.6) is 0 Å². The number of carbonyl (C=O) groups is 1. The minimum atomic E-state index is -4.51. The average molecular weight is 565 g/mol. The van der Waals surface area contributed by atoms with Crippen molar-refractivity contribution in [1.82, 2.24) is 4.90 Å². The SMILES string of the molecule is [C-]#[N+]c1ccc(N2CC(CN3CCC(C([N+]#[C-])(c4cccc(C(F)(F)F)c4)[C@@H]4CCC[C@H]4OC(C)=O)CC3)C2)cc1. The first-order valence-corrected chi connectivity index (χ1v) is 14.3. The zero-order valence-electron chi connectivity index (χ0n) is 23.2. The fraction of sp³-hybridized carbons (Fsp3) is 0.531. The van der Waals surface area contributed by atoms with Crippen LogP contribution in [-0.4, -0.2) is 49.7 Å². The molecule has 0 aromatic heterocycles. The molecule has 0 radical (unpaired) electrons. The monoisotopic (exact) mass is 564 g/mol. The van der Waals surface area contributed by atoms with Gasteiger partial charge in [0, 0.05) is 49.6 Å². The first-order chi connectivity index (χ1) is 19.6. The number of hydrogen-bond acceptors (Lipinski definition) is 4. The van der Waals surface area contributed by atoms with E-state index >= 15 is 0 Å². The Morgan fingerprint density at radius 2 is 1.68 bits per heavy atom. The molecule has 2 aliphatic heterocycles. The Kier molecular flexibility index (Phi) is 8.29. The fourth-order valence-corrected chi connectivity index (χ4v) is 7.27. The Morgan fingerprint density at radius 3 is 2.29 bits per heavy atom. The summed E-state index contributed by atoms with van der Waals surface area (Å²) in [6.07, 6.45) is -1.53. The largest absolute Gasteiger partial charge is 0.462 e. The number of anilines is 1. The Balaban J connectivity index is 1.30. The topological polar surface area (TPSA) is 41.5 Å². The smallest absolute Gasteiger partial charge is 0.416 e. The highest BCUT2D eigenvalue weighted by Crippen LogP contribution is 2.53. The summed E-state index contributed by atoms with van der Waals surface area (Å²) < 4.78 is 46.9. The van der Waals surface area contributed by atoms with Gasteiger partial charge in [-0.1, -0.05) is 24.3 Å². The molecule has 6 nitrogen and oxygen atoms in total. The molecule has 5 rings (SSSR count). The van der Waals surface area contributed by atoms with Gasteiger partial charge in [0.2, 0.25) is 0 Å². The molecule has 1 aliphatic carbocycles. The number of halogens is 3. The van der Waals surface area contributed by atoms with E-state index in [1.165, 1.54) is 13.0 Å². The maximum atomic E-state index is 13.7. The molecule has 0 amide bonds. The second kappa shape index (κ2) is 11.7. The molecular formula is C32H35F3N4O2. The van der Waals surface area contributed by atoms with Gasteiger partial charge in [-0.25, -0.2) is 11.4 Å². The molecule has 2 aromatic rings. The van der Waals surface area contributed by atoms with E-state index in [9.17, 15) is 18.0 Å². The van der Waals surface area contributed by atoms with E-state index < -0.39 is 29.4 Å². The Bertz CT molecular complexity index is 1320. The number of nitrogens with zero attached hydrogens (tertiary/aromatic N) is 4. The van der Waals surface area contributed by atoms with Gasteiger partial charge < -0.3 is 19.4 Å². The summed E-state index contributed by atoms with van der Waals surface area (Å²) in [7, 11) is 0. The first kappa shape index (κ1) is 29.0. The summed E-state index contributed by atoms with van der Waals surface area (Å²) in [6, 6.07) is 12.9.